The Bertz CT molecular complexity index is 762. The van der Waals surface area contributed by atoms with E-state index in [2.05, 4.69) is 81.3 Å². The van der Waals surface area contributed by atoms with E-state index in [1.54, 1.807) is 0 Å². The van der Waals surface area contributed by atoms with Crippen LogP contribution in [0.2, 0.25) is 0 Å². The largest absolute Gasteiger partial charge is 0.465 e. The number of ether oxygens (including phenoxy) is 2. The van der Waals surface area contributed by atoms with Crippen LogP contribution in [0, 0.1) is 40.9 Å². The number of hydrogen-bond donors (Lipinski definition) is 0. The van der Waals surface area contributed by atoms with Gasteiger partial charge in [0.05, 0.1) is 13.2 Å². The average Bonchev–Trinajstić information content (AvgIpc) is 3.05. The van der Waals surface area contributed by atoms with Gasteiger partial charge in [-0.05, 0) is 107 Å². The first-order valence-corrected chi connectivity index (χ1v) is 22.1. The smallest absolute Gasteiger partial charge is 0.305 e. The number of carbonyl (C=O) groups is 2. The van der Waals surface area contributed by atoms with Crippen molar-refractivity contribution in [2.75, 3.05) is 33.9 Å². The summed E-state index contributed by atoms with van der Waals surface area (Å²) in [5.41, 5.74) is 0.442. The summed E-state index contributed by atoms with van der Waals surface area (Å²) in [6.45, 7) is 22.9. The Morgan fingerprint density at radius 3 is 1.14 bits per heavy atom. The Morgan fingerprint density at radius 1 is 0.490 bits per heavy atom. The van der Waals surface area contributed by atoms with Crippen molar-refractivity contribution in [3.63, 3.8) is 0 Å². The molecular weight excluding hydrogens is 631 g/mol. The van der Waals surface area contributed by atoms with Crippen LogP contribution in [0.5, 0.6) is 0 Å². The van der Waals surface area contributed by atoms with Crippen molar-refractivity contribution in [1.82, 2.24) is 4.90 Å². The van der Waals surface area contributed by atoms with Gasteiger partial charge in [-0.2, -0.15) is 0 Å². The lowest BCUT2D eigenvalue weighted by atomic mass is 9.77. The lowest BCUT2D eigenvalue weighted by molar-refractivity contribution is -0.146. The second-order valence-electron chi connectivity index (χ2n) is 18.6. The molecule has 0 heterocycles. The number of carbonyl (C=O) groups excluding carboxylic acids is 2. The van der Waals surface area contributed by atoms with E-state index in [4.69, 9.17) is 9.47 Å². The van der Waals surface area contributed by atoms with Crippen LogP contribution in [-0.4, -0.2) is 50.7 Å². The van der Waals surface area contributed by atoms with E-state index in [9.17, 15) is 9.59 Å². The quantitative estimate of drug-likeness (QED) is 0.0482. The first-order valence-electron chi connectivity index (χ1n) is 22.1. The molecule has 0 aliphatic rings. The van der Waals surface area contributed by atoms with Gasteiger partial charge < -0.3 is 14.4 Å². The second kappa shape index (κ2) is 31.3. The molecule has 0 saturated heterocycles. The van der Waals surface area contributed by atoms with Gasteiger partial charge >= 0.3 is 11.9 Å². The number of esters is 2. The van der Waals surface area contributed by atoms with Gasteiger partial charge in [0.25, 0.3) is 0 Å². The Morgan fingerprint density at radius 2 is 0.824 bits per heavy atom. The molecule has 304 valence electrons. The van der Waals surface area contributed by atoms with Crippen LogP contribution in [0.25, 0.3) is 0 Å². The summed E-state index contributed by atoms with van der Waals surface area (Å²) in [5.74, 6) is 3.50. The average molecular weight is 722 g/mol. The molecule has 5 nitrogen and oxygen atoms in total. The van der Waals surface area contributed by atoms with Crippen LogP contribution in [0.15, 0.2) is 0 Å². The summed E-state index contributed by atoms with van der Waals surface area (Å²) in [6.07, 6.45) is 27.0. The molecule has 5 heteroatoms. The molecule has 2 unspecified atom stereocenters. The maximum atomic E-state index is 12.3. The molecule has 0 radical (unpaired) electrons. The summed E-state index contributed by atoms with van der Waals surface area (Å²) < 4.78 is 11.3. The van der Waals surface area contributed by atoms with Crippen molar-refractivity contribution in [3.8, 4) is 0 Å². The molecule has 0 N–H and O–H groups in total. The topological polar surface area (TPSA) is 55.8 Å². The summed E-state index contributed by atoms with van der Waals surface area (Å²) in [6, 6.07) is 0. The fourth-order valence-electron chi connectivity index (χ4n) is 7.14. The van der Waals surface area contributed by atoms with Crippen LogP contribution in [0.1, 0.15) is 210 Å². The number of hydrogen-bond acceptors (Lipinski definition) is 5. The predicted molar refractivity (Wildman–Crippen MR) is 221 cm³/mol. The fourth-order valence-corrected chi connectivity index (χ4v) is 7.14. The van der Waals surface area contributed by atoms with E-state index in [1.807, 2.05) is 0 Å². The van der Waals surface area contributed by atoms with Crippen molar-refractivity contribution in [3.05, 3.63) is 0 Å². The highest BCUT2D eigenvalue weighted by Gasteiger charge is 2.23. The molecule has 2 atom stereocenters. The van der Waals surface area contributed by atoms with E-state index in [1.165, 1.54) is 103 Å². The van der Waals surface area contributed by atoms with Gasteiger partial charge in [0.2, 0.25) is 0 Å². The normalized spacial score (nSPS) is 14.5. The van der Waals surface area contributed by atoms with Gasteiger partial charge in [0.1, 0.15) is 0 Å². The molecular formula is C46H91NO4. The lowest BCUT2D eigenvalue weighted by Crippen LogP contribution is -2.24. The molecule has 0 aliphatic heterocycles. The molecule has 0 bridgehead atoms. The first kappa shape index (κ1) is 49.9. The molecule has 0 spiro atoms. The van der Waals surface area contributed by atoms with Gasteiger partial charge in [0.15, 0.2) is 0 Å². The third kappa shape index (κ3) is 31.0. The zero-order chi connectivity index (χ0) is 38.5. The van der Waals surface area contributed by atoms with Crippen LogP contribution in [-0.2, 0) is 19.1 Å². The van der Waals surface area contributed by atoms with Crippen LogP contribution < -0.4 is 0 Å². The molecule has 0 aliphatic carbocycles. The maximum Gasteiger partial charge on any atom is 0.305 e. The monoisotopic (exact) mass is 722 g/mol. The Hall–Kier alpha value is -1.10. The van der Waals surface area contributed by atoms with Crippen LogP contribution >= 0.6 is 0 Å². The van der Waals surface area contributed by atoms with E-state index in [0.29, 0.717) is 67.0 Å². The molecule has 0 amide bonds. The number of rotatable bonds is 35. The minimum atomic E-state index is -0.000805. The zero-order valence-electron chi connectivity index (χ0n) is 36.4. The standard InChI is InChI=1S/C46H91NO4/c1-38(2)28-30-42(40(5)6)36-50-44(48)26-22-18-14-12-16-20-24-32-46(9,34-35-47(10)11)33-25-21-17-13-15-19-23-27-45(49)51-37-43(41(7)8)31-29-39(3)4/h38-43H,12-37H2,1-11H3. The molecule has 0 aromatic heterocycles. The van der Waals surface area contributed by atoms with Crippen molar-refractivity contribution in [2.24, 2.45) is 40.9 Å². The van der Waals surface area contributed by atoms with Crippen LogP contribution in [0.4, 0.5) is 0 Å². The molecule has 0 aromatic rings. The Balaban J connectivity index is 4.07. The Labute approximate surface area is 319 Å². The fraction of sp³-hybridized carbons (Fsp3) is 0.957. The van der Waals surface area contributed by atoms with Crippen molar-refractivity contribution in [1.29, 1.82) is 0 Å². The third-order valence-electron chi connectivity index (χ3n) is 11.5. The van der Waals surface area contributed by atoms with Gasteiger partial charge in [0, 0.05) is 12.8 Å². The molecule has 0 fully saturated rings. The van der Waals surface area contributed by atoms with E-state index in [-0.39, 0.29) is 11.9 Å². The zero-order valence-corrected chi connectivity index (χ0v) is 36.4. The Kier molecular flexibility index (Phi) is 30.6. The minimum absolute atomic E-state index is 0.000805. The third-order valence-corrected chi connectivity index (χ3v) is 11.5. The summed E-state index contributed by atoms with van der Waals surface area (Å²) >= 11 is 0. The first-order chi connectivity index (χ1) is 24.1. The summed E-state index contributed by atoms with van der Waals surface area (Å²) in [7, 11) is 4.40. The second-order valence-corrected chi connectivity index (χ2v) is 18.6. The summed E-state index contributed by atoms with van der Waals surface area (Å²) in [4.78, 5) is 26.9. The highest BCUT2D eigenvalue weighted by atomic mass is 16.5. The predicted octanol–water partition coefficient (Wildman–Crippen LogP) is 13.5. The maximum absolute atomic E-state index is 12.3. The SMILES string of the molecule is CC(C)CCC(COC(=O)CCCCCCCCCC(C)(CCCCCCCCCC(=O)OCC(CCC(C)C)C(C)C)CCN(C)C)C(C)C. The minimum Gasteiger partial charge on any atom is -0.465 e. The van der Waals surface area contributed by atoms with Gasteiger partial charge in [-0.3, -0.25) is 9.59 Å². The molecule has 0 saturated carbocycles. The van der Waals surface area contributed by atoms with E-state index < -0.39 is 0 Å². The summed E-state index contributed by atoms with van der Waals surface area (Å²) in [5, 5.41) is 0. The van der Waals surface area contributed by atoms with Crippen molar-refractivity contribution >= 4 is 11.9 Å². The van der Waals surface area contributed by atoms with Crippen molar-refractivity contribution in [2.45, 2.75) is 210 Å². The highest BCUT2D eigenvalue weighted by Crippen LogP contribution is 2.35. The molecule has 51 heavy (non-hydrogen) atoms. The van der Waals surface area contributed by atoms with E-state index in [0.717, 1.165) is 38.5 Å². The number of unbranched alkanes of at least 4 members (excludes halogenated alkanes) is 12. The molecule has 0 aromatic carbocycles. The van der Waals surface area contributed by atoms with Crippen molar-refractivity contribution < 1.29 is 19.1 Å². The lowest BCUT2D eigenvalue weighted by Gasteiger charge is -2.31. The van der Waals surface area contributed by atoms with E-state index >= 15 is 0 Å². The van der Waals surface area contributed by atoms with Gasteiger partial charge in [-0.15, -0.1) is 0 Å². The number of nitrogens with zero attached hydrogens (tertiary/aromatic N) is 1. The van der Waals surface area contributed by atoms with Gasteiger partial charge in [-0.25, -0.2) is 0 Å². The van der Waals surface area contributed by atoms with Gasteiger partial charge in [-0.1, -0.05) is 152 Å². The highest BCUT2D eigenvalue weighted by molar-refractivity contribution is 5.69. The molecule has 0 rings (SSSR count). The van der Waals surface area contributed by atoms with Crippen LogP contribution in [0.3, 0.4) is 0 Å².